The summed E-state index contributed by atoms with van der Waals surface area (Å²) in [6.45, 7) is 2.87. The molecule has 0 radical (unpaired) electrons. The number of halogens is 2. The molecule has 0 fully saturated rings. The minimum absolute atomic E-state index is 0.325. The van der Waals surface area contributed by atoms with Crippen LogP contribution in [-0.2, 0) is 6.61 Å². The summed E-state index contributed by atoms with van der Waals surface area (Å²) in [5.74, 6) is 0.999. The van der Waals surface area contributed by atoms with Crippen LogP contribution >= 0.6 is 27.5 Å². The number of carbonyl (C=O) groups is 1. The third kappa shape index (κ3) is 6.34. The highest BCUT2D eigenvalue weighted by atomic mass is 79.9. The Balaban J connectivity index is 1.64. The van der Waals surface area contributed by atoms with Crippen molar-refractivity contribution in [1.29, 1.82) is 0 Å². The second-order valence-corrected chi connectivity index (χ2v) is 7.61. The molecule has 0 spiro atoms. The molecule has 0 aromatic heterocycles. The Morgan fingerprint density at radius 1 is 1.07 bits per heavy atom. The molecule has 0 heterocycles. The summed E-state index contributed by atoms with van der Waals surface area (Å²) in [7, 11) is 0. The fraction of sp³-hybridized carbons (Fsp3) is 0.130. The van der Waals surface area contributed by atoms with E-state index in [0.717, 1.165) is 10.0 Å². The van der Waals surface area contributed by atoms with Crippen LogP contribution in [0, 0.1) is 0 Å². The molecule has 0 bridgehead atoms. The molecule has 7 heteroatoms. The van der Waals surface area contributed by atoms with E-state index in [1.165, 1.54) is 6.21 Å². The van der Waals surface area contributed by atoms with Gasteiger partial charge in [0.25, 0.3) is 5.91 Å². The van der Waals surface area contributed by atoms with E-state index in [4.69, 9.17) is 21.1 Å². The van der Waals surface area contributed by atoms with Gasteiger partial charge in [-0.25, -0.2) is 5.43 Å². The Morgan fingerprint density at radius 2 is 1.80 bits per heavy atom. The Hall–Kier alpha value is -2.83. The van der Waals surface area contributed by atoms with Gasteiger partial charge in [0.05, 0.1) is 12.8 Å². The largest absolute Gasteiger partial charge is 0.494 e. The number of hydrazone groups is 1. The van der Waals surface area contributed by atoms with E-state index in [1.807, 2.05) is 31.2 Å². The van der Waals surface area contributed by atoms with Crippen LogP contribution in [0.4, 0.5) is 0 Å². The van der Waals surface area contributed by atoms with Gasteiger partial charge in [0.15, 0.2) is 0 Å². The van der Waals surface area contributed by atoms with Crippen LogP contribution < -0.4 is 14.9 Å². The highest BCUT2D eigenvalue weighted by molar-refractivity contribution is 9.10. The molecule has 0 aliphatic rings. The van der Waals surface area contributed by atoms with Gasteiger partial charge in [-0.05, 0) is 67.1 Å². The van der Waals surface area contributed by atoms with Crippen molar-refractivity contribution in [3.05, 3.63) is 92.9 Å². The lowest BCUT2D eigenvalue weighted by molar-refractivity contribution is 0.0955. The van der Waals surface area contributed by atoms with Crippen molar-refractivity contribution in [2.24, 2.45) is 5.10 Å². The first-order valence-corrected chi connectivity index (χ1v) is 10.5. The van der Waals surface area contributed by atoms with Crippen molar-refractivity contribution in [3.8, 4) is 11.5 Å². The quantitative estimate of drug-likeness (QED) is 0.320. The lowest BCUT2D eigenvalue weighted by Crippen LogP contribution is -2.17. The molecule has 1 amide bonds. The first-order chi connectivity index (χ1) is 14.5. The zero-order valence-corrected chi connectivity index (χ0v) is 18.6. The van der Waals surface area contributed by atoms with E-state index in [0.29, 0.717) is 40.9 Å². The third-order valence-electron chi connectivity index (χ3n) is 4.08. The maximum Gasteiger partial charge on any atom is 0.271 e. The molecule has 0 saturated carbocycles. The molecule has 3 aromatic rings. The number of rotatable bonds is 8. The molecular formula is C23H20BrClN2O3. The Bertz CT molecular complexity index is 1020. The lowest BCUT2D eigenvalue weighted by atomic mass is 10.2. The van der Waals surface area contributed by atoms with Crippen LogP contribution in [0.3, 0.4) is 0 Å². The predicted molar refractivity (Wildman–Crippen MR) is 123 cm³/mol. The summed E-state index contributed by atoms with van der Waals surface area (Å²) in [4.78, 5) is 12.3. The van der Waals surface area contributed by atoms with Crippen LogP contribution in [0.5, 0.6) is 11.5 Å². The maximum atomic E-state index is 12.3. The number of ether oxygens (including phenoxy) is 2. The smallest absolute Gasteiger partial charge is 0.271 e. The molecule has 154 valence electrons. The van der Waals surface area contributed by atoms with Gasteiger partial charge >= 0.3 is 0 Å². The summed E-state index contributed by atoms with van der Waals surface area (Å²) < 4.78 is 12.3. The molecule has 5 nitrogen and oxygen atoms in total. The number of carbonyl (C=O) groups excluding carboxylic acids is 1. The van der Waals surface area contributed by atoms with Gasteiger partial charge in [0.2, 0.25) is 0 Å². The van der Waals surface area contributed by atoms with Gasteiger partial charge in [-0.1, -0.05) is 39.7 Å². The van der Waals surface area contributed by atoms with Crippen molar-refractivity contribution in [2.45, 2.75) is 13.5 Å². The zero-order valence-electron chi connectivity index (χ0n) is 16.3. The third-order valence-corrected chi connectivity index (χ3v) is 4.84. The fourth-order valence-electron chi connectivity index (χ4n) is 2.59. The normalized spacial score (nSPS) is 10.8. The van der Waals surface area contributed by atoms with E-state index in [-0.39, 0.29) is 5.91 Å². The molecule has 0 atom stereocenters. The van der Waals surface area contributed by atoms with E-state index < -0.39 is 0 Å². The summed E-state index contributed by atoms with van der Waals surface area (Å²) in [6.07, 6.45) is 1.51. The van der Waals surface area contributed by atoms with Crippen molar-refractivity contribution in [2.75, 3.05) is 6.61 Å². The van der Waals surface area contributed by atoms with Crippen LogP contribution in [0.2, 0.25) is 5.02 Å². The first-order valence-electron chi connectivity index (χ1n) is 9.28. The van der Waals surface area contributed by atoms with E-state index in [9.17, 15) is 4.79 Å². The van der Waals surface area contributed by atoms with E-state index in [1.54, 1.807) is 42.5 Å². The van der Waals surface area contributed by atoms with Crippen LogP contribution in [0.1, 0.15) is 28.4 Å². The number of nitrogens with one attached hydrogen (secondary N) is 1. The van der Waals surface area contributed by atoms with Crippen molar-refractivity contribution >= 4 is 39.7 Å². The van der Waals surface area contributed by atoms with Crippen LogP contribution in [-0.4, -0.2) is 18.7 Å². The van der Waals surface area contributed by atoms with Crippen molar-refractivity contribution in [3.63, 3.8) is 0 Å². The highest BCUT2D eigenvalue weighted by Crippen LogP contribution is 2.23. The monoisotopic (exact) mass is 486 g/mol. The molecule has 3 rings (SSSR count). The Morgan fingerprint density at radius 3 is 2.50 bits per heavy atom. The fourth-order valence-corrected chi connectivity index (χ4v) is 3.03. The highest BCUT2D eigenvalue weighted by Gasteiger charge is 2.06. The molecule has 0 saturated heterocycles. The molecule has 0 aliphatic heterocycles. The van der Waals surface area contributed by atoms with E-state index >= 15 is 0 Å². The predicted octanol–water partition coefficient (Wildman–Crippen LogP) is 5.84. The summed E-state index contributed by atoms with van der Waals surface area (Å²) in [5.41, 5.74) is 4.68. The molecule has 0 aliphatic carbocycles. The van der Waals surface area contributed by atoms with Gasteiger partial charge in [-0.2, -0.15) is 5.10 Å². The number of hydrogen-bond donors (Lipinski definition) is 1. The lowest BCUT2D eigenvalue weighted by Gasteiger charge is -2.10. The van der Waals surface area contributed by atoms with Gasteiger partial charge in [0.1, 0.15) is 18.1 Å². The number of nitrogens with zero attached hydrogens (tertiary/aromatic N) is 1. The minimum atomic E-state index is -0.325. The molecule has 30 heavy (non-hydrogen) atoms. The van der Waals surface area contributed by atoms with E-state index in [2.05, 4.69) is 26.5 Å². The Kier molecular flexibility index (Phi) is 7.88. The zero-order chi connectivity index (χ0) is 21.3. The van der Waals surface area contributed by atoms with Crippen molar-refractivity contribution in [1.82, 2.24) is 5.43 Å². The minimum Gasteiger partial charge on any atom is -0.494 e. The topological polar surface area (TPSA) is 59.9 Å². The second kappa shape index (κ2) is 10.8. The molecular weight excluding hydrogens is 468 g/mol. The number of benzene rings is 3. The molecule has 1 N–H and O–H groups in total. The van der Waals surface area contributed by atoms with Crippen LogP contribution in [0.15, 0.2) is 76.3 Å². The SMILES string of the molecule is CCOc1ccc(C(=O)N/N=C/c2cc(Cl)ccc2OCc2ccc(Br)cc2)cc1. The van der Waals surface area contributed by atoms with Gasteiger partial charge in [-0.15, -0.1) is 0 Å². The Labute approximate surface area is 188 Å². The average molecular weight is 488 g/mol. The van der Waals surface area contributed by atoms with Gasteiger partial charge < -0.3 is 9.47 Å². The molecule has 3 aromatic carbocycles. The average Bonchev–Trinajstić information content (AvgIpc) is 2.75. The van der Waals surface area contributed by atoms with Gasteiger partial charge in [-0.3, -0.25) is 4.79 Å². The van der Waals surface area contributed by atoms with Crippen LogP contribution in [0.25, 0.3) is 0 Å². The molecule has 0 unspecified atom stereocenters. The number of amides is 1. The maximum absolute atomic E-state index is 12.3. The van der Waals surface area contributed by atoms with Crippen molar-refractivity contribution < 1.29 is 14.3 Å². The number of hydrogen-bond acceptors (Lipinski definition) is 4. The summed E-state index contributed by atoms with van der Waals surface area (Å²) in [5, 5.41) is 4.59. The summed E-state index contributed by atoms with van der Waals surface area (Å²) >= 11 is 9.52. The van der Waals surface area contributed by atoms with Gasteiger partial charge in [0, 0.05) is 20.6 Å². The second-order valence-electron chi connectivity index (χ2n) is 6.25. The first kappa shape index (κ1) is 21.9. The standard InChI is InChI=1S/C23H20BrClN2O3/c1-2-29-21-10-5-17(6-11-21)23(28)27-26-14-18-13-20(25)9-12-22(18)30-15-16-3-7-19(24)8-4-16/h3-14H,2,15H2,1H3,(H,27,28)/b26-14+. The summed E-state index contributed by atoms with van der Waals surface area (Å²) in [6, 6.07) is 20.0.